The molecule has 58 valence electrons. The zero-order chi connectivity index (χ0) is 8.41. The van der Waals surface area contributed by atoms with Crippen molar-refractivity contribution in [2.24, 2.45) is 11.1 Å². The second-order valence-corrected chi connectivity index (χ2v) is 3.46. The van der Waals surface area contributed by atoms with Crippen LogP contribution in [0, 0.1) is 17.8 Å². The Morgan fingerprint density at radius 3 is 1.90 bits per heavy atom. The van der Waals surface area contributed by atoms with Crippen molar-refractivity contribution < 1.29 is 5.11 Å². The van der Waals surface area contributed by atoms with Gasteiger partial charge in [0.2, 0.25) is 0 Å². The Balaban J connectivity index is 4.54. The third kappa shape index (κ3) is 1.50. The monoisotopic (exact) mass is 141 g/mol. The highest BCUT2D eigenvalue weighted by molar-refractivity contribution is 5.13. The Morgan fingerprint density at radius 2 is 1.90 bits per heavy atom. The number of hydrogen-bond acceptors (Lipinski definition) is 2. The van der Waals surface area contributed by atoms with Crippen LogP contribution in [-0.4, -0.2) is 17.3 Å². The maximum atomic E-state index is 9.60. The van der Waals surface area contributed by atoms with E-state index >= 15 is 0 Å². The van der Waals surface area contributed by atoms with Gasteiger partial charge >= 0.3 is 0 Å². The fraction of sp³-hybridized carbons (Fsp3) is 0.750. The Morgan fingerprint density at radius 1 is 1.50 bits per heavy atom. The summed E-state index contributed by atoms with van der Waals surface area (Å²) in [4.78, 5) is 0. The Labute approximate surface area is 62.4 Å². The molecule has 0 aliphatic heterocycles. The standard InChI is InChI=1S/C8H15NO/c1-5-8(10,6-9)7(2,3)4/h1,10H,6,9H2,2-4H3. The Hall–Kier alpha value is -0.520. The molecule has 0 amide bonds. The molecule has 0 saturated carbocycles. The van der Waals surface area contributed by atoms with Crippen LogP contribution in [0.25, 0.3) is 0 Å². The fourth-order valence-corrected chi connectivity index (χ4v) is 0.582. The maximum Gasteiger partial charge on any atom is 0.142 e. The van der Waals surface area contributed by atoms with Crippen molar-refractivity contribution in [3.63, 3.8) is 0 Å². The van der Waals surface area contributed by atoms with E-state index in [9.17, 15) is 5.11 Å². The molecule has 0 aliphatic carbocycles. The molecule has 1 unspecified atom stereocenters. The Bertz CT molecular complexity index is 152. The number of rotatable bonds is 1. The lowest BCUT2D eigenvalue weighted by Gasteiger charge is -2.34. The summed E-state index contributed by atoms with van der Waals surface area (Å²) < 4.78 is 0. The number of hydrogen-bond donors (Lipinski definition) is 2. The highest BCUT2D eigenvalue weighted by atomic mass is 16.3. The zero-order valence-corrected chi connectivity index (χ0v) is 6.81. The van der Waals surface area contributed by atoms with Crippen LogP contribution in [0.5, 0.6) is 0 Å². The molecule has 2 heteroatoms. The average molecular weight is 141 g/mol. The van der Waals surface area contributed by atoms with Crippen LogP contribution >= 0.6 is 0 Å². The van der Waals surface area contributed by atoms with Gasteiger partial charge in [-0.05, 0) is 0 Å². The summed E-state index contributed by atoms with van der Waals surface area (Å²) in [6.45, 7) is 5.69. The molecule has 0 heterocycles. The van der Waals surface area contributed by atoms with Gasteiger partial charge in [0.1, 0.15) is 5.60 Å². The number of aliphatic hydroxyl groups is 1. The lowest BCUT2D eigenvalue weighted by Crippen LogP contribution is -2.47. The lowest BCUT2D eigenvalue weighted by molar-refractivity contribution is 0.00401. The summed E-state index contributed by atoms with van der Waals surface area (Å²) in [6.07, 6.45) is 5.12. The second-order valence-electron chi connectivity index (χ2n) is 3.46. The van der Waals surface area contributed by atoms with Gasteiger partial charge in [-0.1, -0.05) is 26.7 Å². The molecule has 0 aliphatic rings. The summed E-state index contributed by atoms with van der Waals surface area (Å²) in [5.41, 5.74) is 3.79. The number of nitrogens with two attached hydrogens (primary N) is 1. The first-order valence-electron chi connectivity index (χ1n) is 3.27. The van der Waals surface area contributed by atoms with E-state index in [2.05, 4.69) is 5.92 Å². The van der Waals surface area contributed by atoms with Gasteiger partial charge in [-0.3, -0.25) is 0 Å². The molecular formula is C8H15NO. The van der Waals surface area contributed by atoms with E-state index in [1.54, 1.807) is 0 Å². The van der Waals surface area contributed by atoms with E-state index in [1.165, 1.54) is 0 Å². The van der Waals surface area contributed by atoms with Gasteiger partial charge < -0.3 is 10.8 Å². The molecule has 0 rings (SSSR count). The van der Waals surface area contributed by atoms with E-state index in [0.29, 0.717) is 0 Å². The molecule has 1 atom stereocenters. The normalized spacial score (nSPS) is 17.6. The quantitative estimate of drug-likeness (QED) is 0.518. The molecule has 0 bridgehead atoms. The van der Waals surface area contributed by atoms with Gasteiger partial charge in [0, 0.05) is 12.0 Å². The number of terminal acetylenes is 1. The molecule has 0 aromatic heterocycles. The molecule has 0 aromatic rings. The van der Waals surface area contributed by atoms with Gasteiger partial charge in [0.25, 0.3) is 0 Å². The van der Waals surface area contributed by atoms with Crippen LogP contribution in [-0.2, 0) is 0 Å². The minimum atomic E-state index is -1.17. The molecule has 2 nitrogen and oxygen atoms in total. The van der Waals surface area contributed by atoms with Crippen molar-refractivity contribution in [2.75, 3.05) is 6.54 Å². The van der Waals surface area contributed by atoms with Crippen molar-refractivity contribution >= 4 is 0 Å². The maximum absolute atomic E-state index is 9.60. The third-order valence-electron chi connectivity index (χ3n) is 1.77. The topological polar surface area (TPSA) is 46.2 Å². The summed E-state index contributed by atoms with van der Waals surface area (Å²) in [7, 11) is 0. The van der Waals surface area contributed by atoms with Crippen molar-refractivity contribution in [3.05, 3.63) is 0 Å². The molecule has 10 heavy (non-hydrogen) atoms. The van der Waals surface area contributed by atoms with Crippen molar-refractivity contribution in [2.45, 2.75) is 26.4 Å². The summed E-state index contributed by atoms with van der Waals surface area (Å²) in [5.74, 6) is 2.30. The van der Waals surface area contributed by atoms with E-state index in [-0.39, 0.29) is 12.0 Å². The van der Waals surface area contributed by atoms with Gasteiger partial charge in [0.15, 0.2) is 0 Å². The van der Waals surface area contributed by atoms with Crippen LogP contribution in [0.4, 0.5) is 0 Å². The average Bonchev–Trinajstić information content (AvgIpc) is 1.84. The minimum absolute atomic E-state index is 0.104. The van der Waals surface area contributed by atoms with Gasteiger partial charge in [-0.25, -0.2) is 0 Å². The largest absolute Gasteiger partial charge is 0.376 e. The third-order valence-corrected chi connectivity index (χ3v) is 1.77. The van der Waals surface area contributed by atoms with Gasteiger partial charge in [0.05, 0.1) is 0 Å². The molecule has 0 spiro atoms. The van der Waals surface area contributed by atoms with Crippen molar-refractivity contribution in [1.29, 1.82) is 0 Å². The zero-order valence-electron chi connectivity index (χ0n) is 6.81. The van der Waals surface area contributed by atoms with E-state index in [1.807, 2.05) is 20.8 Å². The van der Waals surface area contributed by atoms with E-state index < -0.39 is 5.60 Å². The van der Waals surface area contributed by atoms with Crippen LogP contribution in [0.3, 0.4) is 0 Å². The second kappa shape index (κ2) is 2.61. The van der Waals surface area contributed by atoms with Gasteiger partial charge in [-0.2, -0.15) is 0 Å². The minimum Gasteiger partial charge on any atom is -0.376 e. The predicted molar refractivity (Wildman–Crippen MR) is 42.3 cm³/mol. The first kappa shape index (κ1) is 9.48. The summed E-state index contributed by atoms with van der Waals surface area (Å²) >= 11 is 0. The van der Waals surface area contributed by atoms with Crippen molar-refractivity contribution in [3.8, 4) is 12.3 Å². The summed E-state index contributed by atoms with van der Waals surface area (Å²) in [6, 6.07) is 0. The highest BCUT2D eigenvalue weighted by Crippen LogP contribution is 2.28. The summed E-state index contributed by atoms with van der Waals surface area (Å²) in [5, 5.41) is 9.60. The molecule has 0 fully saturated rings. The van der Waals surface area contributed by atoms with Gasteiger partial charge in [-0.15, -0.1) is 6.42 Å². The van der Waals surface area contributed by atoms with Crippen LogP contribution < -0.4 is 5.73 Å². The molecule has 0 radical (unpaired) electrons. The van der Waals surface area contributed by atoms with Crippen LogP contribution in [0.1, 0.15) is 20.8 Å². The first-order valence-corrected chi connectivity index (χ1v) is 3.27. The van der Waals surface area contributed by atoms with Crippen molar-refractivity contribution in [1.82, 2.24) is 0 Å². The predicted octanol–water partition coefficient (Wildman–Crippen LogP) is 0.355. The lowest BCUT2D eigenvalue weighted by atomic mass is 9.77. The van der Waals surface area contributed by atoms with E-state index in [4.69, 9.17) is 12.2 Å². The van der Waals surface area contributed by atoms with Crippen LogP contribution in [0.15, 0.2) is 0 Å². The van der Waals surface area contributed by atoms with Crippen LogP contribution in [0.2, 0.25) is 0 Å². The van der Waals surface area contributed by atoms with E-state index in [0.717, 1.165) is 0 Å². The molecular weight excluding hydrogens is 126 g/mol. The fourth-order valence-electron chi connectivity index (χ4n) is 0.582. The SMILES string of the molecule is C#CC(O)(CN)C(C)(C)C. The molecule has 0 saturated heterocycles. The Kier molecular flexibility index (Phi) is 2.48. The smallest absolute Gasteiger partial charge is 0.142 e. The highest BCUT2D eigenvalue weighted by Gasteiger charge is 2.36. The molecule has 0 aromatic carbocycles. The molecule has 3 N–H and O–H groups in total. The first-order chi connectivity index (χ1) is 4.37.